The fourth-order valence-electron chi connectivity index (χ4n) is 1.05. The number of aromatic hydroxyl groups is 1. The van der Waals surface area contributed by atoms with E-state index in [4.69, 9.17) is 10.9 Å². The number of anilines is 1. The predicted molar refractivity (Wildman–Crippen MR) is 53.1 cm³/mol. The molecule has 14 heavy (non-hydrogen) atoms. The van der Waals surface area contributed by atoms with Crippen LogP contribution in [0.5, 0.6) is 5.75 Å². The van der Waals surface area contributed by atoms with Gasteiger partial charge < -0.3 is 15.0 Å². The van der Waals surface area contributed by atoms with E-state index in [1.807, 2.05) is 19.0 Å². The van der Waals surface area contributed by atoms with Crippen LogP contribution >= 0.6 is 0 Å². The maximum Gasteiger partial charge on any atom is 0.271 e. The van der Waals surface area contributed by atoms with Gasteiger partial charge in [-0.15, -0.1) is 0 Å². The summed E-state index contributed by atoms with van der Waals surface area (Å²) in [5.74, 6) is 4.95. The van der Waals surface area contributed by atoms with E-state index < -0.39 is 16.6 Å². The Labute approximate surface area is 80.8 Å². The summed E-state index contributed by atoms with van der Waals surface area (Å²) in [6, 6.07) is 0. The van der Waals surface area contributed by atoms with Crippen LogP contribution < -0.4 is 21.7 Å². The van der Waals surface area contributed by atoms with E-state index in [1.54, 1.807) is 0 Å². The predicted octanol–water partition coefficient (Wildman–Crippen LogP) is -1.77. The van der Waals surface area contributed by atoms with E-state index in [9.17, 15) is 9.59 Å². The first-order chi connectivity index (χ1) is 6.45. The van der Waals surface area contributed by atoms with Crippen LogP contribution in [0.25, 0.3) is 0 Å². The molecule has 0 spiro atoms. The molecule has 1 aromatic rings. The van der Waals surface area contributed by atoms with Crippen molar-refractivity contribution in [2.24, 2.45) is 5.84 Å². The lowest BCUT2D eigenvalue weighted by atomic mass is 10.2. The largest absolute Gasteiger partial charge is 0.502 e. The van der Waals surface area contributed by atoms with Gasteiger partial charge in [-0.2, -0.15) is 0 Å². The number of nitrogens with two attached hydrogens (primary N) is 1. The van der Waals surface area contributed by atoms with E-state index in [0.717, 1.165) is 5.01 Å². The third kappa shape index (κ3) is 1.75. The highest BCUT2D eigenvalue weighted by atomic mass is 16.3. The van der Waals surface area contributed by atoms with Crippen LogP contribution in [0.2, 0.25) is 0 Å². The Bertz CT molecular complexity index is 392. The second-order valence-electron chi connectivity index (χ2n) is 3.35. The van der Waals surface area contributed by atoms with Gasteiger partial charge in [0.05, 0.1) is 0 Å². The van der Waals surface area contributed by atoms with Crippen molar-refractivity contribution < 1.29 is 5.11 Å². The Balaban J connectivity index is 2.68. The molecule has 0 unspecified atom stereocenters. The second-order valence-corrected chi connectivity index (χ2v) is 3.35. The lowest BCUT2D eigenvalue weighted by Crippen LogP contribution is -2.46. The standard InChI is InChI=1S/C8H13N3O3/c1-10(2)3-4-11(9)5-6(12)8(14)7(5)13/h12H,3-4,9H2,1-2H3. The molecule has 0 radical (unpaired) electrons. The van der Waals surface area contributed by atoms with Crippen molar-refractivity contribution in [1.29, 1.82) is 0 Å². The topological polar surface area (TPSA) is 86.9 Å². The van der Waals surface area contributed by atoms with Crippen molar-refractivity contribution >= 4 is 5.69 Å². The third-order valence-electron chi connectivity index (χ3n) is 1.94. The maximum absolute atomic E-state index is 11.0. The van der Waals surface area contributed by atoms with Crippen molar-refractivity contribution in [2.45, 2.75) is 0 Å². The maximum atomic E-state index is 11.0. The number of hydrogen-bond donors (Lipinski definition) is 2. The molecule has 0 heterocycles. The Morgan fingerprint density at radius 1 is 1.21 bits per heavy atom. The molecule has 0 saturated heterocycles. The van der Waals surface area contributed by atoms with Crippen molar-refractivity contribution in [3.8, 4) is 5.75 Å². The summed E-state index contributed by atoms with van der Waals surface area (Å²) in [6.07, 6.45) is 0. The molecule has 0 aliphatic carbocycles. The van der Waals surface area contributed by atoms with Crippen molar-refractivity contribution in [3.05, 3.63) is 20.4 Å². The lowest BCUT2D eigenvalue weighted by Gasteiger charge is -2.21. The molecular formula is C8H13N3O3. The van der Waals surface area contributed by atoms with E-state index in [0.29, 0.717) is 13.1 Å². The van der Waals surface area contributed by atoms with Gasteiger partial charge in [-0.05, 0) is 14.1 Å². The normalized spacial score (nSPS) is 11.1. The van der Waals surface area contributed by atoms with Gasteiger partial charge in [-0.3, -0.25) is 9.59 Å². The molecule has 6 nitrogen and oxygen atoms in total. The van der Waals surface area contributed by atoms with Crippen LogP contribution in [0.4, 0.5) is 5.69 Å². The number of likely N-dealkylation sites (N-methyl/N-ethyl adjacent to an activating group) is 1. The van der Waals surface area contributed by atoms with Gasteiger partial charge in [0, 0.05) is 13.1 Å². The third-order valence-corrected chi connectivity index (χ3v) is 1.94. The molecule has 0 aliphatic rings. The Morgan fingerprint density at radius 2 is 1.79 bits per heavy atom. The number of nitrogens with zero attached hydrogens (tertiary/aromatic N) is 2. The van der Waals surface area contributed by atoms with Crippen molar-refractivity contribution in [3.63, 3.8) is 0 Å². The molecule has 0 aromatic heterocycles. The van der Waals surface area contributed by atoms with E-state index in [-0.39, 0.29) is 5.69 Å². The summed E-state index contributed by atoms with van der Waals surface area (Å²) in [5.41, 5.74) is -1.67. The fourth-order valence-corrected chi connectivity index (χ4v) is 1.05. The van der Waals surface area contributed by atoms with Gasteiger partial charge in [-0.1, -0.05) is 0 Å². The quantitative estimate of drug-likeness (QED) is 0.339. The molecule has 0 aliphatic heterocycles. The van der Waals surface area contributed by atoms with Crippen LogP contribution in [0, 0.1) is 0 Å². The highest BCUT2D eigenvalue weighted by Gasteiger charge is 2.23. The first-order valence-corrected chi connectivity index (χ1v) is 4.14. The van der Waals surface area contributed by atoms with Crippen molar-refractivity contribution in [1.82, 2.24) is 4.90 Å². The summed E-state index contributed by atoms with van der Waals surface area (Å²) in [5, 5.41) is 10.2. The summed E-state index contributed by atoms with van der Waals surface area (Å²) < 4.78 is 0. The number of hydrogen-bond acceptors (Lipinski definition) is 6. The zero-order valence-electron chi connectivity index (χ0n) is 8.15. The average molecular weight is 199 g/mol. The van der Waals surface area contributed by atoms with Gasteiger partial charge in [0.25, 0.3) is 10.9 Å². The van der Waals surface area contributed by atoms with Crippen LogP contribution in [0.3, 0.4) is 0 Å². The zero-order valence-corrected chi connectivity index (χ0v) is 8.15. The molecule has 1 aromatic carbocycles. The monoisotopic (exact) mass is 199 g/mol. The van der Waals surface area contributed by atoms with Gasteiger partial charge in [0.15, 0.2) is 11.4 Å². The molecule has 3 N–H and O–H groups in total. The van der Waals surface area contributed by atoms with Gasteiger partial charge >= 0.3 is 0 Å². The minimum absolute atomic E-state index is 0.0862. The molecule has 1 rings (SSSR count). The van der Waals surface area contributed by atoms with Gasteiger partial charge in [0.2, 0.25) is 0 Å². The first-order valence-electron chi connectivity index (χ1n) is 4.14. The number of rotatable bonds is 4. The molecular weight excluding hydrogens is 186 g/mol. The highest BCUT2D eigenvalue weighted by molar-refractivity contribution is 5.61. The molecule has 78 valence electrons. The minimum Gasteiger partial charge on any atom is -0.502 e. The van der Waals surface area contributed by atoms with Gasteiger partial charge in [0.1, 0.15) is 0 Å². The molecule has 0 saturated carbocycles. The van der Waals surface area contributed by atoms with Crippen LogP contribution in [0.15, 0.2) is 9.59 Å². The second kappa shape index (κ2) is 3.77. The summed E-state index contributed by atoms with van der Waals surface area (Å²) >= 11 is 0. The number of hydrazine groups is 1. The minimum atomic E-state index is -0.861. The van der Waals surface area contributed by atoms with E-state index >= 15 is 0 Å². The van der Waals surface area contributed by atoms with Gasteiger partial charge in [-0.25, -0.2) is 5.84 Å². The SMILES string of the molecule is CN(C)CCN(N)c1c(O)c(=O)c1=O. The van der Waals surface area contributed by atoms with E-state index in [1.165, 1.54) is 0 Å². The Hall–Kier alpha value is -1.40. The molecule has 0 fully saturated rings. The first kappa shape index (κ1) is 10.7. The molecule has 0 atom stereocenters. The smallest absolute Gasteiger partial charge is 0.271 e. The highest BCUT2D eigenvalue weighted by Crippen LogP contribution is 2.17. The molecule has 6 heteroatoms. The van der Waals surface area contributed by atoms with Crippen molar-refractivity contribution in [2.75, 3.05) is 32.2 Å². The molecule has 0 bridgehead atoms. The molecule has 0 amide bonds. The zero-order chi connectivity index (χ0) is 10.9. The summed E-state index contributed by atoms with van der Waals surface area (Å²) in [7, 11) is 3.71. The summed E-state index contributed by atoms with van der Waals surface area (Å²) in [4.78, 5) is 23.5. The van der Waals surface area contributed by atoms with E-state index in [2.05, 4.69) is 0 Å². The Morgan fingerprint density at radius 3 is 2.21 bits per heavy atom. The van der Waals surface area contributed by atoms with Crippen LogP contribution in [-0.4, -0.2) is 37.2 Å². The van der Waals surface area contributed by atoms with Crippen LogP contribution in [0.1, 0.15) is 0 Å². The average Bonchev–Trinajstić information content (AvgIpc) is 2.14. The Kier molecular flexibility index (Phi) is 2.87. The van der Waals surface area contributed by atoms with Crippen LogP contribution in [-0.2, 0) is 0 Å². The fraction of sp³-hybridized carbons (Fsp3) is 0.500. The lowest BCUT2D eigenvalue weighted by molar-refractivity contribution is 0.410. The summed E-state index contributed by atoms with van der Waals surface area (Å²) in [6.45, 7) is 1.01.